The first kappa shape index (κ1) is 30.4. The Bertz CT molecular complexity index is 596. The number of nitrogens with one attached hydrogen (secondary N) is 1. The van der Waals surface area contributed by atoms with Crippen LogP contribution in [0.25, 0.3) is 0 Å². The van der Waals surface area contributed by atoms with Gasteiger partial charge in [-0.15, -0.1) is 0 Å². The van der Waals surface area contributed by atoms with E-state index in [0.717, 1.165) is 12.8 Å². The van der Waals surface area contributed by atoms with Crippen molar-refractivity contribution in [2.45, 2.75) is 89.0 Å². The maximum absolute atomic E-state index is 11.3. The van der Waals surface area contributed by atoms with Gasteiger partial charge in [-0.05, 0) is 6.42 Å². The minimum atomic E-state index is -4.84. The molecule has 7 N–H and O–H groups in total. The first-order valence-electron chi connectivity index (χ1n) is 10.0. The molecule has 0 aromatic rings. The van der Waals surface area contributed by atoms with E-state index in [9.17, 15) is 22.8 Å². The lowest BCUT2D eigenvalue weighted by atomic mass is 10.1. The summed E-state index contributed by atoms with van der Waals surface area (Å²) >= 11 is 0. The third kappa shape index (κ3) is 19.6. The molecule has 11 nitrogen and oxygen atoms in total. The zero-order valence-corrected chi connectivity index (χ0v) is 18.3. The molecule has 0 aliphatic carbocycles. The first-order valence-corrected chi connectivity index (χ1v) is 11.5. The number of carbonyl (C=O) groups is 3. The number of unbranched alkanes of at least 4 members (excludes halogenated alkanes) is 8. The number of carbonyl (C=O) groups excluding carboxylic acids is 1. The minimum absolute atomic E-state index is 0.0729. The van der Waals surface area contributed by atoms with Crippen molar-refractivity contribution in [1.82, 2.24) is 5.32 Å². The minimum Gasteiger partial charge on any atom is -0.481 e. The molecule has 2 unspecified atom stereocenters. The van der Waals surface area contributed by atoms with Crippen LogP contribution in [0.1, 0.15) is 77.6 Å². The van der Waals surface area contributed by atoms with Gasteiger partial charge < -0.3 is 26.4 Å². The van der Waals surface area contributed by atoms with Gasteiger partial charge in [0.2, 0.25) is 5.91 Å². The molecule has 0 fully saturated rings. The van der Waals surface area contributed by atoms with Crippen molar-refractivity contribution in [3.05, 3.63) is 0 Å². The van der Waals surface area contributed by atoms with Crippen molar-refractivity contribution in [2.75, 3.05) is 6.54 Å². The molecular weight excluding hydrogens is 420 g/mol. The van der Waals surface area contributed by atoms with Crippen LogP contribution >= 0.6 is 0 Å². The highest BCUT2D eigenvalue weighted by atomic mass is 32.2. The quantitative estimate of drug-likeness (QED) is 0.111. The lowest BCUT2D eigenvalue weighted by Gasteiger charge is -2.09. The van der Waals surface area contributed by atoms with Gasteiger partial charge in [-0.1, -0.05) is 58.3 Å². The lowest BCUT2D eigenvalue weighted by Crippen LogP contribution is -2.39. The predicted octanol–water partition coefficient (Wildman–Crippen LogP) is 1.10. The Kier molecular flexibility index (Phi) is 18.3. The van der Waals surface area contributed by atoms with Crippen LogP contribution in [-0.2, 0) is 24.5 Å². The first-order chi connectivity index (χ1) is 13.9. The monoisotopic (exact) mass is 456 g/mol. The predicted molar refractivity (Wildman–Crippen MR) is 110 cm³/mol. The third-order valence-electron chi connectivity index (χ3n) is 4.05. The zero-order chi connectivity index (χ0) is 23.6. The van der Waals surface area contributed by atoms with Gasteiger partial charge in [0.1, 0.15) is 6.23 Å². The Labute approximate surface area is 177 Å². The average Bonchev–Trinajstić information content (AvgIpc) is 2.64. The smallest absolute Gasteiger partial charge is 0.325 e. The summed E-state index contributed by atoms with van der Waals surface area (Å²) in [6.45, 7) is 2.30. The number of hydrogen-bond donors (Lipinski definition) is 6. The highest BCUT2D eigenvalue weighted by molar-refractivity contribution is 7.87. The number of aliphatic hydroxyl groups excluding tert-OH is 1. The Morgan fingerprint density at radius 3 is 1.73 bits per heavy atom. The topological polar surface area (TPSA) is 204 Å². The Morgan fingerprint density at radius 2 is 1.40 bits per heavy atom. The van der Waals surface area contributed by atoms with Crippen molar-refractivity contribution in [2.24, 2.45) is 5.73 Å². The fourth-order valence-corrected chi connectivity index (χ4v) is 3.00. The van der Waals surface area contributed by atoms with E-state index in [1.165, 1.54) is 44.9 Å². The number of carboxylic acid groups (broad SMARTS) is 2. The molecule has 178 valence electrons. The highest BCUT2D eigenvalue weighted by Crippen LogP contribution is 2.10. The molecule has 0 aliphatic heterocycles. The van der Waals surface area contributed by atoms with Crippen molar-refractivity contribution >= 4 is 28.0 Å². The second-order valence-corrected chi connectivity index (χ2v) is 8.44. The van der Waals surface area contributed by atoms with Crippen LogP contribution in [0.2, 0.25) is 0 Å². The summed E-state index contributed by atoms with van der Waals surface area (Å²) in [5.74, 6) is -3.60. The van der Waals surface area contributed by atoms with E-state index in [1.807, 2.05) is 0 Å². The Morgan fingerprint density at radius 1 is 0.933 bits per heavy atom. The fraction of sp³-hybridized carbons (Fsp3) is 0.833. The summed E-state index contributed by atoms with van der Waals surface area (Å²) in [7, 11) is -4.84. The summed E-state index contributed by atoms with van der Waals surface area (Å²) in [5.41, 5.74) is 5.20. The molecule has 30 heavy (non-hydrogen) atoms. The highest BCUT2D eigenvalue weighted by Gasteiger charge is 2.33. The summed E-state index contributed by atoms with van der Waals surface area (Å²) in [6.07, 6.45) is 9.59. The van der Waals surface area contributed by atoms with Crippen molar-refractivity contribution < 1.29 is 42.7 Å². The average molecular weight is 457 g/mol. The van der Waals surface area contributed by atoms with E-state index in [-0.39, 0.29) is 12.5 Å². The molecule has 0 heterocycles. The van der Waals surface area contributed by atoms with Gasteiger partial charge >= 0.3 is 11.9 Å². The molecule has 0 aromatic heterocycles. The number of aliphatic carboxylic acids is 2. The van der Waals surface area contributed by atoms with Gasteiger partial charge in [-0.2, -0.15) is 8.42 Å². The largest absolute Gasteiger partial charge is 0.481 e. The number of nitrogens with two attached hydrogens (primary N) is 1. The molecule has 12 heteroatoms. The van der Waals surface area contributed by atoms with Gasteiger partial charge in [0, 0.05) is 13.0 Å². The summed E-state index contributed by atoms with van der Waals surface area (Å²) in [6, 6.07) is 0. The molecule has 0 aromatic carbocycles. The van der Waals surface area contributed by atoms with Crippen LogP contribution < -0.4 is 11.1 Å². The van der Waals surface area contributed by atoms with E-state index in [0.29, 0.717) is 6.42 Å². The number of carboxylic acids is 2. The summed E-state index contributed by atoms with van der Waals surface area (Å²) in [5, 5.41) is 25.5. The van der Waals surface area contributed by atoms with E-state index in [4.69, 9.17) is 25.6 Å². The lowest BCUT2D eigenvalue weighted by molar-refractivity contribution is -0.143. The van der Waals surface area contributed by atoms with Gasteiger partial charge in [-0.3, -0.25) is 18.9 Å². The molecule has 0 saturated heterocycles. The molecule has 0 radical (unpaired) electrons. The van der Waals surface area contributed by atoms with Crippen LogP contribution in [0.5, 0.6) is 0 Å². The SMILES string of the molecule is CCCCCCCCCCCC(=O)NC(O)CN.O=C(O)CC(C(=O)O)S(=O)(=O)O. The van der Waals surface area contributed by atoms with Gasteiger partial charge in [0.05, 0.1) is 6.42 Å². The molecule has 0 saturated carbocycles. The molecular formula is C18H36N2O9S. The molecule has 0 bridgehead atoms. The standard InChI is InChI=1S/C14H30N2O2.C4H6O7S/c1-2-3-4-5-6-7-8-9-10-11-13(17)16-14(18)12-15;5-3(6)1-2(4(7)8)12(9,10)11/h14,18H,2-12,15H2,1H3,(H,16,17);2H,1H2,(H,5,6)(H,7,8)(H,9,10,11). The zero-order valence-electron chi connectivity index (χ0n) is 17.5. The van der Waals surface area contributed by atoms with Gasteiger partial charge in [-0.25, -0.2) is 0 Å². The second-order valence-electron chi connectivity index (χ2n) is 6.84. The normalized spacial score (nSPS) is 12.9. The Balaban J connectivity index is 0. The van der Waals surface area contributed by atoms with Crippen LogP contribution in [0.3, 0.4) is 0 Å². The van der Waals surface area contributed by atoms with Gasteiger partial charge in [0.25, 0.3) is 10.1 Å². The van der Waals surface area contributed by atoms with Crippen LogP contribution in [0.15, 0.2) is 0 Å². The number of aliphatic hydroxyl groups is 1. The van der Waals surface area contributed by atoms with E-state index < -0.39 is 40.0 Å². The van der Waals surface area contributed by atoms with E-state index >= 15 is 0 Å². The molecule has 0 spiro atoms. The molecule has 1 amide bonds. The second kappa shape index (κ2) is 18.0. The number of amides is 1. The summed E-state index contributed by atoms with van der Waals surface area (Å²) in [4.78, 5) is 31.3. The third-order valence-corrected chi connectivity index (χ3v) is 5.14. The summed E-state index contributed by atoms with van der Waals surface area (Å²) < 4.78 is 28.7. The van der Waals surface area contributed by atoms with Crippen molar-refractivity contribution in [3.8, 4) is 0 Å². The van der Waals surface area contributed by atoms with Crippen LogP contribution in [0, 0.1) is 0 Å². The number of rotatable bonds is 16. The molecule has 0 aliphatic rings. The fourth-order valence-electron chi connectivity index (χ4n) is 2.39. The van der Waals surface area contributed by atoms with Crippen LogP contribution in [0.4, 0.5) is 0 Å². The maximum atomic E-state index is 11.3. The maximum Gasteiger partial charge on any atom is 0.325 e. The molecule has 2 atom stereocenters. The van der Waals surface area contributed by atoms with Crippen molar-refractivity contribution in [3.63, 3.8) is 0 Å². The Hall–Kier alpha value is -1.76. The van der Waals surface area contributed by atoms with E-state index in [2.05, 4.69) is 12.2 Å². The van der Waals surface area contributed by atoms with Gasteiger partial charge in [0.15, 0.2) is 5.25 Å². The van der Waals surface area contributed by atoms with E-state index in [1.54, 1.807) is 0 Å². The number of hydrogen-bond acceptors (Lipinski definition) is 7. The van der Waals surface area contributed by atoms with Crippen molar-refractivity contribution in [1.29, 1.82) is 0 Å². The molecule has 0 rings (SSSR count). The van der Waals surface area contributed by atoms with Crippen LogP contribution in [-0.4, -0.2) is 64.2 Å².